The zero-order valence-electron chi connectivity index (χ0n) is 16.6. The molecule has 0 saturated heterocycles. The van der Waals surface area contributed by atoms with Gasteiger partial charge in [-0.1, -0.05) is 19.3 Å². The quantitative estimate of drug-likeness (QED) is 0.665. The van der Waals surface area contributed by atoms with E-state index in [0.29, 0.717) is 5.92 Å². The van der Waals surface area contributed by atoms with Crippen molar-refractivity contribution in [1.82, 2.24) is 10.6 Å². The van der Waals surface area contributed by atoms with Crippen LogP contribution in [0.25, 0.3) is 0 Å². The third kappa shape index (κ3) is 6.78. The van der Waals surface area contributed by atoms with Gasteiger partial charge in [-0.3, -0.25) is 4.79 Å². The molecule has 2 saturated carbocycles. The standard InChI is InChI=1S/C20H36N2O4/c1-20(2,3)26-19(25)22-17-8-6-4-5-7-16(17)18(24)21-15-11-9-14(13-23)10-12-15/h14-17,23H,4-13H2,1-3H3,(H,21,24)(H,22,25)/t14?,15?,16-,17-/m1/s1. The van der Waals surface area contributed by atoms with Crippen molar-refractivity contribution < 1.29 is 19.4 Å². The molecular formula is C20H36N2O4. The summed E-state index contributed by atoms with van der Waals surface area (Å²) in [4.78, 5) is 25.1. The van der Waals surface area contributed by atoms with Gasteiger partial charge in [0, 0.05) is 18.7 Å². The molecule has 2 aliphatic carbocycles. The van der Waals surface area contributed by atoms with E-state index in [1.54, 1.807) is 0 Å². The molecule has 6 heteroatoms. The average molecular weight is 369 g/mol. The van der Waals surface area contributed by atoms with Crippen molar-refractivity contribution in [1.29, 1.82) is 0 Å². The second-order valence-electron chi connectivity index (χ2n) is 8.91. The highest BCUT2D eigenvalue weighted by atomic mass is 16.6. The first-order valence-electron chi connectivity index (χ1n) is 10.2. The molecule has 0 heterocycles. The SMILES string of the molecule is CC(C)(C)OC(=O)N[C@@H]1CCCCC[C@H]1C(=O)NC1CCC(CO)CC1. The summed E-state index contributed by atoms with van der Waals surface area (Å²) in [5, 5.41) is 15.4. The Bertz CT molecular complexity index is 467. The van der Waals surface area contributed by atoms with Crippen LogP contribution in [0.2, 0.25) is 0 Å². The van der Waals surface area contributed by atoms with Crippen LogP contribution in [0.5, 0.6) is 0 Å². The molecule has 2 amide bonds. The van der Waals surface area contributed by atoms with Gasteiger partial charge in [-0.2, -0.15) is 0 Å². The highest BCUT2D eigenvalue weighted by Gasteiger charge is 2.33. The maximum Gasteiger partial charge on any atom is 0.407 e. The summed E-state index contributed by atoms with van der Waals surface area (Å²) in [5.41, 5.74) is -0.544. The minimum atomic E-state index is -0.544. The zero-order chi connectivity index (χ0) is 19.2. The Balaban J connectivity index is 1.92. The number of amides is 2. The highest BCUT2D eigenvalue weighted by Crippen LogP contribution is 2.27. The van der Waals surface area contributed by atoms with Gasteiger partial charge in [0.05, 0.1) is 5.92 Å². The summed E-state index contributed by atoms with van der Waals surface area (Å²) < 4.78 is 5.38. The fourth-order valence-electron chi connectivity index (χ4n) is 4.05. The van der Waals surface area contributed by atoms with Crippen molar-refractivity contribution in [3.05, 3.63) is 0 Å². The Morgan fingerprint density at radius 3 is 2.23 bits per heavy atom. The van der Waals surface area contributed by atoms with Gasteiger partial charge < -0.3 is 20.5 Å². The summed E-state index contributed by atoms with van der Waals surface area (Å²) in [5.74, 6) is 0.239. The van der Waals surface area contributed by atoms with Gasteiger partial charge in [-0.25, -0.2) is 4.79 Å². The first kappa shape index (κ1) is 21.0. The third-order valence-corrected chi connectivity index (χ3v) is 5.51. The highest BCUT2D eigenvalue weighted by molar-refractivity contribution is 5.80. The number of hydrogen-bond acceptors (Lipinski definition) is 4. The first-order chi connectivity index (χ1) is 12.3. The number of carbonyl (C=O) groups excluding carboxylic acids is 2. The van der Waals surface area contributed by atoms with Crippen LogP contribution in [-0.4, -0.2) is 41.4 Å². The van der Waals surface area contributed by atoms with Crippen LogP contribution < -0.4 is 10.6 Å². The topological polar surface area (TPSA) is 87.7 Å². The van der Waals surface area contributed by atoms with Crippen molar-refractivity contribution in [3.63, 3.8) is 0 Å². The lowest BCUT2D eigenvalue weighted by atomic mass is 9.86. The maximum atomic E-state index is 12.9. The average Bonchev–Trinajstić information content (AvgIpc) is 2.79. The van der Waals surface area contributed by atoms with E-state index in [4.69, 9.17) is 4.74 Å². The minimum absolute atomic E-state index is 0.0559. The zero-order valence-corrected chi connectivity index (χ0v) is 16.6. The summed E-state index contributed by atoms with van der Waals surface area (Å²) in [7, 11) is 0. The van der Waals surface area contributed by atoms with Gasteiger partial charge in [-0.15, -0.1) is 0 Å². The summed E-state index contributed by atoms with van der Waals surface area (Å²) in [6.45, 7) is 5.76. The van der Waals surface area contributed by atoms with Crippen molar-refractivity contribution in [3.8, 4) is 0 Å². The molecule has 0 aromatic carbocycles. The summed E-state index contributed by atoms with van der Waals surface area (Å²) in [6, 6.07) is 0.0249. The van der Waals surface area contributed by atoms with E-state index in [2.05, 4.69) is 10.6 Å². The number of nitrogens with one attached hydrogen (secondary N) is 2. The van der Waals surface area contributed by atoms with Crippen LogP contribution in [0, 0.1) is 11.8 Å². The van der Waals surface area contributed by atoms with Crippen molar-refractivity contribution in [2.75, 3.05) is 6.61 Å². The number of aliphatic hydroxyl groups is 1. The Morgan fingerprint density at radius 1 is 0.962 bits per heavy atom. The molecule has 2 fully saturated rings. The fraction of sp³-hybridized carbons (Fsp3) is 0.900. The van der Waals surface area contributed by atoms with E-state index in [0.717, 1.165) is 57.8 Å². The largest absolute Gasteiger partial charge is 0.444 e. The predicted molar refractivity (Wildman–Crippen MR) is 101 cm³/mol. The van der Waals surface area contributed by atoms with E-state index in [-0.39, 0.29) is 30.5 Å². The Hall–Kier alpha value is -1.30. The summed E-state index contributed by atoms with van der Waals surface area (Å²) >= 11 is 0. The molecule has 0 unspecified atom stereocenters. The second-order valence-corrected chi connectivity index (χ2v) is 8.91. The van der Waals surface area contributed by atoms with Crippen molar-refractivity contribution >= 4 is 12.0 Å². The van der Waals surface area contributed by atoms with Crippen LogP contribution in [-0.2, 0) is 9.53 Å². The van der Waals surface area contributed by atoms with Gasteiger partial charge >= 0.3 is 6.09 Å². The van der Waals surface area contributed by atoms with E-state index in [9.17, 15) is 14.7 Å². The fourth-order valence-corrected chi connectivity index (χ4v) is 4.05. The number of aliphatic hydroxyl groups excluding tert-OH is 1. The van der Waals surface area contributed by atoms with Crippen LogP contribution >= 0.6 is 0 Å². The Morgan fingerprint density at radius 2 is 1.62 bits per heavy atom. The second kappa shape index (κ2) is 9.58. The number of ether oxygens (including phenoxy) is 1. The number of rotatable bonds is 4. The third-order valence-electron chi connectivity index (χ3n) is 5.51. The smallest absolute Gasteiger partial charge is 0.407 e. The van der Waals surface area contributed by atoms with Crippen molar-refractivity contribution in [2.45, 2.75) is 96.2 Å². The molecule has 2 rings (SSSR count). The molecule has 150 valence electrons. The van der Waals surface area contributed by atoms with Gasteiger partial charge in [0.2, 0.25) is 5.91 Å². The van der Waals surface area contributed by atoms with Gasteiger partial charge in [0.1, 0.15) is 5.60 Å². The van der Waals surface area contributed by atoms with Gasteiger partial charge in [0.15, 0.2) is 0 Å². The van der Waals surface area contributed by atoms with E-state index >= 15 is 0 Å². The lowest BCUT2D eigenvalue weighted by molar-refractivity contribution is -0.127. The number of carbonyl (C=O) groups is 2. The molecule has 0 spiro atoms. The lowest BCUT2D eigenvalue weighted by Gasteiger charge is -2.31. The maximum absolute atomic E-state index is 12.9. The molecule has 6 nitrogen and oxygen atoms in total. The molecule has 3 N–H and O–H groups in total. The van der Waals surface area contributed by atoms with E-state index in [1.165, 1.54) is 0 Å². The Labute approximate surface area is 157 Å². The van der Waals surface area contributed by atoms with Crippen molar-refractivity contribution in [2.24, 2.45) is 11.8 Å². The molecule has 2 aliphatic rings. The van der Waals surface area contributed by atoms with Crippen LogP contribution in [0.4, 0.5) is 4.79 Å². The number of hydrogen-bond donors (Lipinski definition) is 3. The monoisotopic (exact) mass is 368 g/mol. The van der Waals surface area contributed by atoms with Crippen LogP contribution in [0.1, 0.15) is 78.6 Å². The van der Waals surface area contributed by atoms with Gasteiger partial charge in [-0.05, 0) is 65.2 Å². The van der Waals surface area contributed by atoms with Crippen LogP contribution in [0.15, 0.2) is 0 Å². The summed E-state index contributed by atoms with van der Waals surface area (Å²) in [6.07, 6.45) is 8.09. The number of alkyl carbamates (subject to hydrolysis) is 1. The molecule has 0 bridgehead atoms. The molecular weight excluding hydrogens is 332 g/mol. The van der Waals surface area contributed by atoms with E-state index < -0.39 is 11.7 Å². The van der Waals surface area contributed by atoms with Gasteiger partial charge in [0.25, 0.3) is 0 Å². The molecule has 0 radical (unpaired) electrons. The Kier molecular flexibility index (Phi) is 7.74. The molecule has 2 atom stereocenters. The first-order valence-corrected chi connectivity index (χ1v) is 10.2. The predicted octanol–water partition coefficient (Wildman–Crippen LogP) is 3.13. The molecule has 0 aliphatic heterocycles. The van der Waals surface area contributed by atoms with E-state index in [1.807, 2.05) is 20.8 Å². The molecule has 26 heavy (non-hydrogen) atoms. The molecule has 0 aromatic rings. The minimum Gasteiger partial charge on any atom is -0.444 e. The van der Waals surface area contributed by atoms with Crippen LogP contribution in [0.3, 0.4) is 0 Å². The molecule has 0 aromatic heterocycles. The lowest BCUT2D eigenvalue weighted by Crippen LogP contribution is -2.50. The normalized spacial score (nSPS) is 30.2.